The fourth-order valence-corrected chi connectivity index (χ4v) is 12.8. The molecule has 0 heterocycles. The molecule has 3 aromatic carbocycles. The quantitative estimate of drug-likeness (QED) is 0.239. The van der Waals surface area contributed by atoms with Crippen molar-refractivity contribution in [1.29, 1.82) is 0 Å². The second kappa shape index (κ2) is 56.0. The molecule has 7 rings (SSSR count). The van der Waals surface area contributed by atoms with E-state index in [1.807, 2.05) is 18.2 Å². The van der Waals surface area contributed by atoms with Crippen molar-refractivity contribution >= 4 is 0 Å². The molecule has 0 amide bonds. The summed E-state index contributed by atoms with van der Waals surface area (Å²) in [6, 6.07) is 31.3. The highest BCUT2D eigenvalue weighted by atomic mass is 14.5. The largest absolute Gasteiger partial charge is 0.0625 e. The van der Waals surface area contributed by atoms with Gasteiger partial charge in [-0.2, -0.15) is 0 Å². The van der Waals surface area contributed by atoms with E-state index in [2.05, 4.69) is 412 Å². The van der Waals surface area contributed by atoms with Gasteiger partial charge in [-0.05, 0) is 162 Å². The first kappa shape index (κ1) is 118. The molecule has 0 aromatic heterocycles. The van der Waals surface area contributed by atoms with E-state index in [0.717, 1.165) is 30.1 Å². The summed E-state index contributed by atoms with van der Waals surface area (Å²) in [6.45, 7) is 110. The van der Waals surface area contributed by atoms with Crippen LogP contribution < -0.4 is 0 Å². The van der Waals surface area contributed by atoms with Crippen molar-refractivity contribution in [3.8, 4) is 0 Å². The van der Waals surface area contributed by atoms with E-state index in [-0.39, 0.29) is 0 Å². The average Bonchev–Trinajstić information content (AvgIpc) is 0.776. The van der Waals surface area contributed by atoms with E-state index in [1.165, 1.54) is 119 Å². The monoisotopic (exact) mass is 1500 g/mol. The first-order valence-corrected chi connectivity index (χ1v) is 44.2. The van der Waals surface area contributed by atoms with Crippen molar-refractivity contribution < 1.29 is 0 Å². The molecule has 4 fully saturated rings. The number of hydrogen-bond acceptors (Lipinski definition) is 0. The average molecular weight is 1500 g/mol. The zero-order valence-corrected chi connectivity index (χ0v) is 84.0. The third-order valence-electron chi connectivity index (χ3n) is 14.7. The lowest BCUT2D eigenvalue weighted by atomic mass is 9.53. The van der Waals surface area contributed by atoms with Gasteiger partial charge in [0.2, 0.25) is 0 Å². The Hall–Kier alpha value is -2.34. The van der Waals surface area contributed by atoms with Crippen LogP contribution in [0.4, 0.5) is 0 Å². The van der Waals surface area contributed by atoms with Gasteiger partial charge in [0, 0.05) is 0 Å². The molecule has 3 aromatic rings. The first-order valence-electron chi connectivity index (χ1n) is 44.2. The van der Waals surface area contributed by atoms with Crippen LogP contribution in [0.3, 0.4) is 0 Å². The summed E-state index contributed by atoms with van der Waals surface area (Å²) in [5, 5.41) is 0. The summed E-state index contributed by atoms with van der Waals surface area (Å²) in [5.41, 5.74) is 11.0. The lowest BCUT2D eigenvalue weighted by Gasteiger charge is -2.52. The highest BCUT2D eigenvalue weighted by molar-refractivity contribution is 5.25. The molecule has 0 N–H and O–H groups in total. The van der Waals surface area contributed by atoms with E-state index in [1.54, 1.807) is 32.1 Å². The molecule has 2 unspecified atom stereocenters. The minimum atomic E-state index is 0.449. The topological polar surface area (TPSA) is 0 Å². The fourth-order valence-electron chi connectivity index (χ4n) is 12.8. The van der Waals surface area contributed by atoms with Crippen LogP contribution in [0.5, 0.6) is 0 Å². The van der Waals surface area contributed by atoms with Crippen LogP contribution in [-0.2, 0) is 6.42 Å². The highest BCUT2D eigenvalue weighted by Gasteiger charge is 2.45. The molecule has 0 saturated heterocycles. The van der Waals surface area contributed by atoms with Crippen molar-refractivity contribution in [2.45, 2.75) is 481 Å². The molecule has 0 nitrogen and oxygen atoms in total. The summed E-state index contributed by atoms with van der Waals surface area (Å²) in [4.78, 5) is 0. The number of rotatable bonds is 5. The van der Waals surface area contributed by atoms with Gasteiger partial charge < -0.3 is 0 Å². The van der Waals surface area contributed by atoms with Crippen molar-refractivity contribution in [2.24, 2.45) is 99.5 Å². The zero-order valence-electron chi connectivity index (χ0n) is 84.0. The van der Waals surface area contributed by atoms with Crippen LogP contribution in [0.2, 0.25) is 0 Å². The van der Waals surface area contributed by atoms with E-state index < -0.39 is 0 Å². The van der Waals surface area contributed by atoms with E-state index >= 15 is 0 Å². The molecular weight excluding hydrogens is 1290 g/mol. The van der Waals surface area contributed by atoms with E-state index in [9.17, 15) is 0 Å². The summed E-state index contributed by atoms with van der Waals surface area (Å²) < 4.78 is 0. The van der Waals surface area contributed by atoms with Crippen LogP contribution in [0.25, 0.3) is 0 Å². The normalized spacial score (nSPS) is 18.1. The van der Waals surface area contributed by atoms with Gasteiger partial charge >= 0.3 is 0 Å². The Balaban J connectivity index is -0.000000207. The summed E-state index contributed by atoms with van der Waals surface area (Å²) in [5.74, 6) is 4.15. The van der Waals surface area contributed by atoms with Crippen LogP contribution in [0.15, 0.2) is 91.0 Å². The third kappa shape index (κ3) is 139. The summed E-state index contributed by atoms with van der Waals surface area (Å²) in [7, 11) is 0. The molecule has 0 bridgehead atoms. The van der Waals surface area contributed by atoms with Crippen molar-refractivity contribution in [3.63, 3.8) is 0 Å². The number of hydrogen-bond donors (Lipinski definition) is 0. The maximum absolute atomic E-state index is 2.54. The molecule has 4 aliphatic carbocycles. The smallest absolute Gasteiger partial charge is 0.00258 e. The molecule has 2 atom stereocenters. The van der Waals surface area contributed by atoms with Crippen molar-refractivity contribution in [3.05, 3.63) is 108 Å². The molecule has 0 aliphatic heterocycles. The summed E-state index contributed by atoms with van der Waals surface area (Å²) in [6.07, 6.45) is 32.2. The lowest BCUT2D eigenvalue weighted by molar-refractivity contribution is -0.0146. The van der Waals surface area contributed by atoms with Gasteiger partial charge in [0.05, 0.1) is 0 Å². The molecular formula is C107H210. The Morgan fingerprint density at radius 1 is 0.299 bits per heavy atom. The van der Waals surface area contributed by atoms with Gasteiger partial charge in [0.25, 0.3) is 0 Å². The Bertz CT molecular complexity index is 2110. The van der Waals surface area contributed by atoms with Gasteiger partial charge in [-0.3, -0.25) is 0 Å². The molecule has 638 valence electrons. The minimum Gasteiger partial charge on any atom is -0.0625 e. The van der Waals surface area contributed by atoms with Crippen LogP contribution >= 0.6 is 0 Å². The SMILES string of the molecule is C1CCC(CC2CCCCC2)CC1.CC(C)(C)C.CC(C)(C)C.CC(C)(C)C.CC(C)(C)C.CC(C)(C)C.CC(C)(C)C.CC(C)(C)C.CC(C)(C)C.CC(C)(C)CC(C)(C)C.CC(C)(C)CC1(C)CC(C(C)(C)C)CC(C)(C)C1.CC1CCCCC1.Cc1ccccc1.c1ccc(Cc2ccccc2)cc1. The number of benzene rings is 3. The molecule has 4 aliphatic rings. The van der Waals surface area contributed by atoms with Gasteiger partial charge in [-0.15, -0.1) is 0 Å². The van der Waals surface area contributed by atoms with E-state index in [4.69, 9.17) is 0 Å². The third-order valence-corrected chi connectivity index (χ3v) is 14.7. The number of aryl methyl sites for hydroxylation is 1. The second-order valence-electron chi connectivity index (χ2n) is 52.4. The second-order valence-corrected chi connectivity index (χ2v) is 52.4. The predicted octanol–water partition coefficient (Wildman–Crippen LogP) is 38.6. The lowest BCUT2D eigenvalue weighted by Crippen LogP contribution is -2.41. The van der Waals surface area contributed by atoms with Crippen LogP contribution in [0.1, 0.15) is 484 Å². The highest BCUT2D eigenvalue weighted by Crippen LogP contribution is 2.56. The molecule has 0 radical (unpaired) electrons. The zero-order chi connectivity index (χ0) is 86.2. The molecule has 4 saturated carbocycles. The van der Waals surface area contributed by atoms with Crippen molar-refractivity contribution in [1.82, 2.24) is 0 Å². The Morgan fingerprint density at radius 3 is 0.710 bits per heavy atom. The van der Waals surface area contributed by atoms with Crippen LogP contribution in [0, 0.1) is 106 Å². The van der Waals surface area contributed by atoms with Gasteiger partial charge in [-0.1, -0.05) is 525 Å². The van der Waals surface area contributed by atoms with E-state index in [0.29, 0.717) is 75.8 Å². The molecule has 0 spiro atoms. The fraction of sp³-hybridized carbons (Fsp3) is 0.832. The van der Waals surface area contributed by atoms with Gasteiger partial charge in [0.1, 0.15) is 0 Å². The standard InChI is InChI=1S/C18H36.C13H24.C13H12.C9H20.C7H14.C7H8.8C5H12/c1-15(2,3)12-18(9)11-14(16(4,5)6)10-17(7,8)13-18;2*1-3-7-12(8-4-1)11-13-9-5-2-6-10-13;1-8(2,3)7-9(4,5)6;2*1-7-5-3-2-4-6-7;8*1-5(2,3)4/h14H,10-13H2,1-9H3;12-13H,1-11H2;1-10H,11H2;7H2,1-6H3;7H,2-6H2,1H3;2-6H,1H3;8*1-4H3. The summed E-state index contributed by atoms with van der Waals surface area (Å²) >= 11 is 0. The molecule has 0 heteroatoms. The Morgan fingerprint density at radius 2 is 0.533 bits per heavy atom. The maximum Gasteiger partial charge on any atom is -0.00258 e. The minimum absolute atomic E-state index is 0.449. The predicted molar refractivity (Wildman–Crippen MR) is 504 cm³/mol. The van der Waals surface area contributed by atoms with Crippen molar-refractivity contribution in [2.75, 3.05) is 0 Å². The Labute approximate surface area is 683 Å². The Kier molecular flexibility index (Phi) is 61.7. The maximum atomic E-state index is 2.54. The molecule has 107 heavy (non-hydrogen) atoms. The van der Waals surface area contributed by atoms with Gasteiger partial charge in [-0.25, -0.2) is 0 Å². The first-order chi connectivity index (χ1) is 47.1. The van der Waals surface area contributed by atoms with Crippen LogP contribution in [-0.4, -0.2) is 0 Å². The van der Waals surface area contributed by atoms with Gasteiger partial charge in [0.15, 0.2) is 0 Å².